The fraction of sp³-hybridized carbons (Fsp3) is 0.722. The van der Waals surface area contributed by atoms with E-state index in [1.165, 1.54) is 27.7 Å². The van der Waals surface area contributed by atoms with E-state index in [1.807, 2.05) is 5.32 Å². The van der Waals surface area contributed by atoms with Crippen LogP contribution in [0.3, 0.4) is 0 Å². The molecule has 0 fully saturated rings. The predicted molar refractivity (Wildman–Crippen MR) is 114 cm³/mol. The van der Waals surface area contributed by atoms with Crippen LogP contribution in [-0.4, -0.2) is 78.5 Å². The summed E-state index contributed by atoms with van der Waals surface area (Å²) >= 11 is 0. The molecule has 190 valence electrons. The number of ether oxygens (including phenoxy) is 2. The molecule has 33 heavy (non-hydrogen) atoms. The highest BCUT2D eigenvalue weighted by atomic mass is 32.2. The van der Waals surface area contributed by atoms with Crippen LogP contribution in [-0.2, 0) is 38.8 Å². The normalized spacial score (nSPS) is 14.7. The van der Waals surface area contributed by atoms with E-state index < -0.39 is 68.5 Å². The average molecular weight is 497 g/mol. The number of rotatable bonds is 9. The zero-order chi connectivity index (χ0) is 26.4. The Bertz CT molecular complexity index is 879. The lowest BCUT2D eigenvalue weighted by Gasteiger charge is -2.26. The molecule has 5 N–H and O–H groups in total. The van der Waals surface area contributed by atoms with E-state index in [0.29, 0.717) is 0 Å². The van der Waals surface area contributed by atoms with Crippen LogP contribution in [0.15, 0.2) is 0 Å². The summed E-state index contributed by atoms with van der Waals surface area (Å²) in [4.78, 5) is 60.3. The fourth-order valence-corrected chi connectivity index (χ4v) is 2.76. The van der Waals surface area contributed by atoms with Crippen molar-refractivity contribution >= 4 is 39.9 Å². The smallest absolute Gasteiger partial charge is 0.408 e. The minimum Gasteiger partial charge on any atom is -0.467 e. The molecule has 0 unspecified atom stereocenters. The SMILES string of the molecule is COC(=O)C(C)(C)NC(=O)[C@H](C)NC(=O)[C@@H](NC(=O)[C@H](C)NC(=O)OC(C)(C)C)S(=O)(=O)O. The van der Waals surface area contributed by atoms with Gasteiger partial charge in [0.1, 0.15) is 23.2 Å². The van der Waals surface area contributed by atoms with Gasteiger partial charge in [0.15, 0.2) is 0 Å². The number of amides is 4. The molecule has 0 aliphatic heterocycles. The number of hydrogen-bond acceptors (Lipinski definition) is 9. The van der Waals surface area contributed by atoms with Crippen LogP contribution in [0.1, 0.15) is 48.5 Å². The Hall–Kier alpha value is -2.94. The molecule has 0 radical (unpaired) electrons. The Labute approximate surface area is 192 Å². The average Bonchev–Trinajstić information content (AvgIpc) is 2.61. The summed E-state index contributed by atoms with van der Waals surface area (Å²) in [7, 11) is -4.06. The van der Waals surface area contributed by atoms with Gasteiger partial charge >= 0.3 is 12.1 Å². The van der Waals surface area contributed by atoms with E-state index in [4.69, 9.17) is 4.74 Å². The maximum atomic E-state index is 12.4. The van der Waals surface area contributed by atoms with E-state index in [9.17, 15) is 36.9 Å². The Morgan fingerprint density at radius 3 is 1.73 bits per heavy atom. The first-order chi connectivity index (χ1) is 14.7. The van der Waals surface area contributed by atoms with Crippen molar-refractivity contribution in [1.82, 2.24) is 21.3 Å². The van der Waals surface area contributed by atoms with Gasteiger partial charge in [0.2, 0.25) is 17.2 Å². The molecule has 0 aromatic rings. The summed E-state index contributed by atoms with van der Waals surface area (Å²) in [6, 6.07) is -2.72. The topological polar surface area (TPSA) is 206 Å². The van der Waals surface area contributed by atoms with Crippen molar-refractivity contribution in [2.45, 2.75) is 77.1 Å². The molecule has 15 heteroatoms. The minimum atomic E-state index is -5.17. The lowest BCUT2D eigenvalue weighted by molar-refractivity contribution is -0.149. The van der Waals surface area contributed by atoms with Gasteiger partial charge in [-0.25, -0.2) is 9.59 Å². The molecule has 3 atom stereocenters. The third-order valence-electron chi connectivity index (χ3n) is 3.82. The van der Waals surface area contributed by atoms with Gasteiger partial charge in [-0.1, -0.05) is 0 Å². The summed E-state index contributed by atoms with van der Waals surface area (Å²) in [5, 5.41) is 5.75. The van der Waals surface area contributed by atoms with Crippen LogP contribution in [0.5, 0.6) is 0 Å². The van der Waals surface area contributed by atoms with Crippen molar-refractivity contribution in [3.63, 3.8) is 0 Å². The quantitative estimate of drug-likeness (QED) is 0.190. The highest BCUT2D eigenvalue weighted by molar-refractivity contribution is 7.87. The van der Waals surface area contributed by atoms with E-state index in [-0.39, 0.29) is 0 Å². The third-order valence-corrected chi connectivity index (χ3v) is 4.75. The summed E-state index contributed by atoms with van der Waals surface area (Å²) in [5.41, 5.74) is -2.32. The number of alkyl carbamates (subject to hydrolysis) is 1. The first-order valence-electron chi connectivity index (χ1n) is 9.68. The lowest BCUT2D eigenvalue weighted by Crippen LogP contribution is -2.60. The second-order valence-electron chi connectivity index (χ2n) is 8.61. The third kappa shape index (κ3) is 10.5. The second kappa shape index (κ2) is 11.3. The van der Waals surface area contributed by atoms with E-state index in [2.05, 4.69) is 15.4 Å². The number of carbonyl (C=O) groups is 5. The molecule has 14 nitrogen and oxygen atoms in total. The first-order valence-corrected chi connectivity index (χ1v) is 11.2. The monoisotopic (exact) mass is 496 g/mol. The zero-order valence-corrected chi connectivity index (χ0v) is 20.6. The summed E-state index contributed by atoms with van der Waals surface area (Å²) in [6.07, 6.45) is -0.975. The first kappa shape index (κ1) is 30.1. The number of carbonyl (C=O) groups excluding carboxylic acids is 5. The van der Waals surface area contributed by atoms with Crippen molar-refractivity contribution in [2.24, 2.45) is 0 Å². The second-order valence-corrected chi connectivity index (χ2v) is 10.1. The van der Waals surface area contributed by atoms with E-state index in [1.54, 1.807) is 26.1 Å². The molecule has 0 aliphatic carbocycles. The molecule has 0 bridgehead atoms. The number of methoxy groups -OCH3 is 1. The Balaban J connectivity index is 5.27. The van der Waals surface area contributed by atoms with Gasteiger partial charge in [-0.2, -0.15) is 8.42 Å². The molecule has 0 rings (SSSR count). The molecular weight excluding hydrogens is 464 g/mol. The van der Waals surface area contributed by atoms with Crippen molar-refractivity contribution in [3.05, 3.63) is 0 Å². The number of nitrogens with one attached hydrogen (secondary N) is 4. The van der Waals surface area contributed by atoms with Crippen molar-refractivity contribution in [3.8, 4) is 0 Å². The fourth-order valence-electron chi connectivity index (χ4n) is 2.16. The van der Waals surface area contributed by atoms with Crippen LogP contribution < -0.4 is 21.3 Å². The van der Waals surface area contributed by atoms with Gasteiger partial charge in [-0.05, 0) is 48.5 Å². The van der Waals surface area contributed by atoms with Gasteiger partial charge in [0, 0.05) is 0 Å². The van der Waals surface area contributed by atoms with Crippen molar-refractivity contribution < 1.29 is 46.4 Å². The van der Waals surface area contributed by atoms with Crippen LogP contribution in [0.2, 0.25) is 0 Å². The van der Waals surface area contributed by atoms with Gasteiger partial charge < -0.3 is 30.7 Å². The van der Waals surface area contributed by atoms with Crippen LogP contribution in [0.4, 0.5) is 4.79 Å². The summed E-state index contributed by atoms with van der Waals surface area (Å²) in [5.74, 6) is -4.22. The molecule has 0 heterocycles. The zero-order valence-electron chi connectivity index (χ0n) is 19.8. The molecule has 0 aromatic carbocycles. The largest absolute Gasteiger partial charge is 0.467 e. The summed E-state index contributed by atoms with van der Waals surface area (Å²) in [6.45, 7) is 9.79. The lowest BCUT2D eigenvalue weighted by atomic mass is 10.1. The van der Waals surface area contributed by atoms with Crippen molar-refractivity contribution in [1.29, 1.82) is 0 Å². The number of esters is 1. The standard InChI is InChI=1S/C18H32N4O10S/c1-9(20-16(27)32-17(3,4)5)11(23)21-14(33(28,29)30)13(25)19-10(2)12(24)22-18(6,7)15(26)31-8/h9-10,14H,1-8H3,(H,19,25)(H,20,27)(H,21,23)(H,22,24)(H,28,29,30)/t9-,10-,14-/m0/s1. The van der Waals surface area contributed by atoms with Gasteiger partial charge in [0.25, 0.3) is 16.0 Å². The van der Waals surface area contributed by atoms with Gasteiger partial charge in [0.05, 0.1) is 7.11 Å². The minimum absolute atomic E-state index is 0.774. The van der Waals surface area contributed by atoms with Crippen LogP contribution >= 0.6 is 0 Å². The molecule has 4 amide bonds. The molecule has 0 saturated heterocycles. The number of hydrogen-bond donors (Lipinski definition) is 5. The molecular formula is C18H32N4O10S. The van der Waals surface area contributed by atoms with Gasteiger partial charge in [-0.15, -0.1) is 0 Å². The van der Waals surface area contributed by atoms with Crippen LogP contribution in [0, 0.1) is 0 Å². The van der Waals surface area contributed by atoms with E-state index >= 15 is 0 Å². The predicted octanol–water partition coefficient (Wildman–Crippen LogP) is -1.20. The Morgan fingerprint density at radius 1 is 0.818 bits per heavy atom. The Kier molecular flexibility index (Phi) is 10.3. The highest BCUT2D eigenvalue weighted by Gasteiger charge is 2.37. The maximum Gasteiger partial charge on any atom is 0.408 e. The van der Waals surface area contributed by atoms with Crippen LogP contribution in [0.25, 0.3) is 0 Å². The molecule has 0 saturated carbocycles. The maximum absolute atomic E-state index is 12.4. The van der Waals surface area contributed by atoms with Crippen molar-refractivity contribution in [2.75, 3.05) is 7.11 Å². The molecule has 0 aromatic heterocycles. The summed E-state index contributed by atoms with van der Waals surface area (Å²) < 4.78 is 42.2. The van der Waals surface area contributed by atoms with Gasteiger partial charge in [-0.3, -0.25) is 18.9 Å². The van der Waals surface area contributed by atoms with E-state index in [0.717, 1.165) is 7.11 Å². The molecule has 0 aliphatic rings. The Morgan fingerprint density at radius 2 is 1.30 bits per heavy atom. The molecule has 0 spiro atoms. The highest BCUT2D eigenvalue weighted by Crippen LogP contribution is 2.07.